The second kappa shape index (κ2) is 6.08. The molecule has 19 heavy (non-hydrogen) atoms. The number of methoxy groups -OCH3 is 2. The maximum atomic E-state index is 12.2. The van der Waals surface area contributed by atoms with Crippen molar-refractivity contribution in [2.45, 2.75) is 13.8 Å². The molecule has 6 heteroatoms. The van der Waals surface area contributed by atoms with Crippen molar-refractivity contribution in [1.29, 1.82) is 0 Å². The minimum absolute atomic E-state index is 0.228. The van der Waals surface area contributed by atoms with Crippen LogP contribution in [0.3, 0.4) is 0 Å². The first-order valence-electron chi connectivity index (χ1n) is 5.56. The molecule has 0 saturated heterocycles. The Morgan fingerprint density at radius 2 is 1.42 bits per heavy atom. The van der Waals surface area contributed by atoms with E-state index in [1.165, 1.54) is 12.1 Å². The molecule has 0 saturated carbocycles. The van der Waals surface area contributed by atoms with Crippen molar-refractivity contribution in [3.8, 4) is 0 Å². The Morgan fingerprint density at radius 1 is 1.00 bits per heavy atom. The number of carbonyl (C=O) groups excluding carboxylic acids is 3. The monoisotopic (exact) mass is 265 g/mol. The van der Waals surface area contributed by atoms with Crippen LogP contribution < -0.4 is 0 Å². The minimum Gasteiger partial charge on any atom is -0.468 e. The van der Waals surface area contributed by atoms with Gasteiger partial charge in [-0.25, -0.2) is 0 Å². The van der Waals surface area contributed by atoms with Gasteiger partial charge in [-0.15, -0.1) is 0 Å². The number of pyridine rings is 1. The molecule has 0 aromatic carbocycles. The van der Waals surface area contributed by atoms with Crippen LogP contribution in [0, 0.1) is 19.8 Å². The van der Waals surface area contributed by atoms with Gasteiger partial charge in [0.25, 0.3) is 0 Å². The van der Waals surface area contributed by atoms with E-state index < -0.39 is 23.6 Å². The van der Waals surface area contributed by atoms with Crippen molar-refractivity contribution >= 4 is 17.7 Å². The first-order chi connectivity index (χ1) is 8.90. The van der Waals surface area contributed by atoms with Gasteiger partial charge in [-0.2, -0.15) is 0 Å². The zero-order valence-corrected chi connectivity index (χ0v) is 11.2. The van der Waals surface area contributed by atoms with Gasteiger partial charge in [0.2, 0.25) is 5.92 Å². The van der Waals surface area contributed by atoms with Crippen LogP contribution in [-0.4, -0.2) is 36.9 Å². The number of esters is 2. The van der Waals surface area contributed by atoms with E-state index in [9.17, 15) is 14.4 Å². The summed E-state index contributed by atoms with van der Waals surface area (Å²) in [6.07, 6.45) is 0. The predicted molar refractivity (Wildman–Crippen MR) is 65.6 cm³/mol. The van der Waals surface area contributed by atoms with Crippen LogP contribution in [0.2, 0.25) is 0 Å². The van der Waals surface area contributed by atoms with E-state index in [4.69, 9.17) is 0 Å². The van der Waals surface area contributed by atoms with E-state index in [2.05, 4.69) is 14.5 Å². The lowest BCUT2D eigenvalue weighted by molar-refractivity contribution is -0.155. The fraction of sp³-hybridized carbons (Fsp3) is 0.385. The van der Waals surface area contributed by atoms with Crippen LogP contribution in [-0.2, 0) is 19.1 Å². The van der Waals surface area contributed by atoms with Gasteiger partial charge in [-0.1, -0.05) is 0 Å². The molecule has 102 valence electrons. The third-order valence-corrected chi connectivity index (χ3v) is 2.50. The molecule has 0 bridgehead atoms. The summed E-state index contributed by atoms with van der Waals surface area (Å²) in [7, 11) is 2.21. The molecule has 1 rings (SSSR count). The van der Waals surface area contributed by atoms with E-state index in [-0.39, 0.29) is 5.56 Å². The Hall–Kier alpha value is -2.24. The highest BCUT2D eigenvalue weighted by Gasteiger charge is 2.36. The number of aromatic nitrogens is 1. The molecule has 6 nitrogen and oxygen atoms in total. The van der Waals surface area contributed by atoms with Crippen molar-refractivity contribution in [2.24, 2.45) is 5.92 Å². The Labute approximate surface area is 110 Å². The zero-order valence-electron chi connectivity index (χ0n) is 11.2. The molecular weight excluding hydrogens is 250 g/mol. The number of ketones is 1. The number of carbonyl (C=O) groups is 3. The summed E-state index contributed by atoms with van der Waals surface area (Å²) < 4.78 is 8.92. The van der Waals surface area contributed by atoms with Gasteiger partial charge >= 0.3 is 11.9 Å². The molecule has 0 aliphatic carbocycles. The maximum absolute atomic E-state index is 12.2. The number of ether oxygens (including phenoxy) is 2. The molecule has 0 spiro atoms. The zero-order chi connectivity index (χ0) is 14.6. The van der Waals surface area contributed by atoms with Gasteiger partial charge in [0.1, 0.15) is 0 Å². The highest BCUT2D eigenvalue weighted by Crippen LogP contribution is 2.14. The van der Waals surface area contributed by atoms with Crippen molar-refractivity contribution in [3.63, 3.8) is 0 Å². The quantitative estimate of drug-likeness (QED) is 0.456. The molecule has 0 unspecified atom stereocenters. The molecule has 0 atom stereocenters. The van der Waals surface area contributed by atoms with Gasteiger partial charge in [0.15, 0.2) is 5.78 Å². The first-order valence-corrected chi connectivity index (χ1v) is 5.56. The molecule has 0 fully saturated rings. The van der Waals surface area contributed by atoms with Gasteiger partial charge < -0.3 is 9.47 Å². The number of hydrogen-bond donors (Lipinski definition) is 0. The first kappa shape index (κ1) is 14.8. The van der Waals surface area contributed by atoms with E-state index >= 15 is 0 Å². The topological polar surface area (TPSA) is 82.6 Å². The molecule has 0 amide bonds. The standard InChI is InChI=1S/C13H15NO5/c1-7-5-9(6-8(2)14-7)11(15)10(12(16)18-3)13(17)19-4/h5-6,10H,1-4H3. The molecule has 1 aromatic rings. The number of Topliss-reactive ketones (excluding diaryl/α,β-unsaturated/α-hetero) is 1. The largest absolute Gasteiger partial charge is 0.468 e. The van der Waals surface area contributed by atoms with Crippen molar-refractivity contribution in [2.75, 3.05) is 14.2 Å². The number of aryl methyl sites for hydroxylation is 2. The van der Waals surface area contributed by atoms with Gasteiger partial charge in [-0.3, -0.25) is 19.4 Å². The lowest BCUT2D eigenvalue weighted by Crippen LogP contribution is -2.34. The average molecular weight is 265 g/mol. The van der Waals surface area contributed by atoms with Crippen LogP contribution in [0.5, 0.6) is 0 Å². The summed E-state index contributed by atoms with van der Waals surface area (Å²) >= 11 is 0. The van der Waals surface area contributed by atoms with Crippen LogP contribution in [0.1, 0.15) is 21.7 Å². The highest BCUT2D eigenvalue weighted by atomic mass is 16.5. The molecule has 0 radical (unpaired) electrons. The minimum atomic E-state index is -1.60. The Morgan fingerprint density at radius 3 is 1.79 bits per heavy atom. The van der Waals surface area contributed by atoms with E-state index in [1.54, 1.807) is 13.8 Å². The van der Waals surface area contributed by atoms with Crippen molar-refractivity contribution < 1.29 is 23.9 Å². The summed E-state index contributed by atoms with van der Waals surface area (Å²) in [5.41, 5.74) is 1.47. The predicted octanol–water partition coefficient (Wildman–Crippen LogP) is 0.843. The molecular formula is C13H15NO5. The smallest absolute Gasteiger partial charge is 0.328 e. The fourth-order valence-corrected chi connectivity index (χ4v) is 1.69. The third kappa shape index (κ3) is 3.37. The second-order valence-electron chi connectivity index (χ2n) is 3.98. The summed E-state index contributed by atoms with van der Waals surface area (Å²) in [5, 5.41) is 0. The number of rotatable bonds is 4. The Balaban J connectivity index is 3.19. The molecule has 1 heterocycles. The van der Waals surface area contributed by atoms with Crippen LogP contribution in [0.4, 0.5) is 0 Å². The fourth-order valence-electron chi connectivity index (χ4n) is 1.69. The Kier molecular flexibility index (Phi) is 4.74. The molecule has 0 aliphatic rings. The summed E-state index contributed by atoms with van der Waals surface area (Å²) in [4.78, 5) is 39.4. The summed E-state index contributed by atoms with van der Waals surface area (Å²) in [5.74, 6) is -4.14. The lowest BCUT2D eigenvalue weighted by Gasteiger charge is -2.12. The lowest BCUT2D eigenvalue weighted by atomic mass is 9.97. The summed E-state index contributed by atoms with van der Waals surface area (Å²) in [6, 6.07) is 3.02. The normalized spacial score (nSPS) is 10.2. The van der Waals surface area contributed by atoms with Gasteiger partial charge in [0.05, 0.1) is 14.2 Å². The van der Waals surface area contributed by atoms with E-state index in [1.807, 2.05) is 0 Å². The number of nitrogens with zero attached hydrogens (tertiary/aromatic N) is 1. The maximum Gasteiger partial charge on any atom is 0.328 e. The van der Waals surface area contributed by atoms with Crippen LogP contribution >= 0.6 is 0 Å². The molecule has 0 N–H and O–H groups in total. The second-order valence-corrected chi connectivity index (χ2v) is 3.98. The van der Waals surface area contributed by atoms with Crippen LogP contribution in [0.15, 0.2) is 12.1 Å². The van der Waals surface area contributed by atoms with Gasteiger partial charge in [0, 0.05) is 17.0 Å². The van der Waals surface area contributed by atoms with E-state index in [0.717, 1.165) is 14.2 Å². The van der Waals surface area contributed by atoms with E-state index in [0.29, 0.717) is 11.4 Å². The number of hydrogen-bond acceptors (Lipinski definition) is 6. The SMILES string of the molecule is COC(=O)C(C(=O)OC)C(=O)c1cc(C)nc(C)c1. The summed E-state index contributed by atoms with van der Waals surface area (Å²) in [6.45, 7) is 3.43. The third-order valence-electron chi connectivity index (χ3n) is 2.50. The van der Waals surface area contributed by atoms with Crippen LogP contribution in [0.25, 0.3) is 0 Å². The van der Waals surface area contributed by atoms with Crippen molar-refractivity contribution in [1.82, 2.24) is 4.98 Å². The molecule has 1 aromatic heterocycles. The Bertz CT molecular complexity index is 488. The van der Waals surface area contributed by atoms with Crippen molar-refractivity contribution in [3.05, 3.63) is 29.1 Å². The molecule has 0 aliphatic heterocycles. The highest BCUT2D eigenvalue weighted by molar-refractivity contribution is 6.20. The van der Waals surface area contributed by atoms with Gasteiger partial charge in [-0.05, 0) is 26.0 Å². The average Bonchev–Trinajstić information content (AvgIpc) is 2.37.